The van der Waals surface area contributed by atoms with Crippen LogP contribution in [0.25, 0.3) is 0 Å². The quantitative estimate of drug-likeness (QED) is 0.787. The van der Waals surface area contributed by atoms with Crippen molar-refractivity contribution in [2.24, 2.45) is 5.41 Å². The molecule has 1 saturated carbocycles. The molecule has 2 heteroatoms. The molecule has 0 bridgehead atoms. The Labute approximate surface area is 109 Å². The molecule has 1 aromatic rings. The minimum absolute atomic E-state index is 0.0572. The Bertz CT molecular complexity index is 406. The van der Waals surface area contributed by atoms with Gasteiger partial charge < -0.3 is 4.74 Å². The van der Waals surface area contributed by atoms with E-state index in [2.05, 4.69) is 32.9 Å². The summed E-state index contributed by atoms with van der Waals surface area (Å²) in [7, 11) is 0. The molecule has 0 heterocycles. The molecule has 2 nitrogen and oxygen atoms in total. The second-order valence-corrected chi connectivity index (χ2v) is 5.17. The van der Waals surface area contributed by atoms with Crippen molar-refractivity contribution in [2.75, 3.05) is 0 Å². The van der Waals surface area contributed by atoms with Crippen molar-refractivity contribution >= 4 is 5.78 Å². The molecule has 2 rings (SSSR count). The number of ether oxygens (including phenoxy) is 1. The van der Waals surface area contributed by atoms with Gasteiger partial charge in [0.2, 0.25) is 0 Å². The molecular weight excluding hydrogens is 224 g/mol. The van der Waals surface area contributed by atoms with Gasteiger partial charge in [-0.15, -0.1) is 0 Å². The highest BCUT2D eigenvalue weighted by Gasteiger charge is 2.53. The van der Waals surface area contributed by atoms with E-state index in [1.54, 1.807) is 0 Å². The third kappa shape index (κ3) is 2.10. The number of carbonyl (C=O) groups is 1. The van der Waals surface area contributed by atoms with Gasteiger partial charge in [0.05, 0.1) is 17.6 Å². The van der Waals surface area contributed by atoms with Gasteiger partial charge in [0.15, 0.2) is 0 Å². The van der Waals surface area contributed by atoms with E-state index in [9.17, 15) is 4.79 Å². The van der Waals surface area contributed by atoms with Crippen LogP contribution in [-0.2, 0) is 9.53 Å². The largest absolute Gasteiger partial charge is 0.369 e. The summed E-state index contributed by atoms with van der Waals surface area (Å²) >= 11 is 0. The highest BCUT2D eigenvalue weighted by atomic mass is 16.5. The van der Waals surface area contributed by atoms with Gasteiger partial charge in [0.25, 0.3) is 0 Å². The number of Topliss-reactive ketones (excluding diaryl/α,β-unsaturated/α-hetero) is 1. The fraction of sp³-hybridized carbons (Fsp3) is 0.562. The highest BCUT2D eigenvalue weighted by Crippen LogP contribution is 2.47. The lowest BCUT2D eigenvalue weighted by Crippen LogP contribution is -2.54. The molecule has 0 spiro atoms. The molecule has 18 heavy (non-hydrogen) atoms. The fourth-order valence-electron chi connectivity index (χ4n) is 2.94. The van der Waals surface area contributed by atoms with Crippen molar-refractivity contribution in [3.8, 4) is 0 Å². The van der Waals surface area contributed by atoms with Gasteiger partial charge in [-0.1, -0.05) is 44.2 Å². The van der Waals surface area contributed by atoms with E-state index < -0.39 is 0 Å². The first-order chi connectivity index (χ1) is 8.64. The molecular formula is C16H22O2. The Hall–Kier alpha value is -1.15. The van der Waals surface area contributed by atoms with Crippen molar-refractivity contribution in [3.63, 3.8) is 0 Å². The minimum Gasteiger partial charge on any atom is -0.369 e. The summed E-state index contributed by atoms with van der Waals surface area (Å²) in [4.78, 5) is 11.9. The molecule has 1 fully saturated rings. The van der Waals surface area contributed by atoms with Gasteiger partial charge in [-0.25, -0.2) is 0 Å². The summed E-state index contributed by atoms with van der Waals surface area (Å²) in [6.07, 6.45) is 2.50. The van der Waals surface area contributed by atoms with E-state index in [4.69, 9.17) is 4.74 Å². The third-order valence-corrected chi connectivity index (χ3v) is 4.44. The zero-order chi connectivity index (χ0) is 13.2. The maximum atomic E-state index is 11.9. The Balaban J connectivity index is 2.05. The molecule has 0 aromatic heterocycles. The average molecular weight is 246 g/mol. The van der Waals surface area contributed by atoms with E-state index in [1.165, 1.54) is 5.56 Å². The molecule has 2 atom stereocenters. The summed E-state index contributed by atoms with van der Waals surface area (Å²) in [6, 6.07) is 10.2. The number of benzene rings is 1. The summed E-state index contributed by atoms with van der Waals surface area (Å²) in [5, 5.41) is 0. The predicted molar refractivity (Wildman–Crippen MR) is 72.4 cm³/mol. The van der Waals surface area contributed by atoms with Gasteiger partial charge in [-0.3, -0.25) is 4.79 Å². The second kappa shape index (κ2) is 5.23. The first-order valence-corrected chi connectivity index (χ1v) is 6.87. The van der Waals surface area contributed by atoms with Gasteiger partial charge >= 0.3 is 0 Å². The lowest BCUT2D eigenvalue weighted by atomic mass is 9.61. The highest BCUT2D eigenvalue weighted by molar-refractivity contribution is 5.92. The smallest absolute Gasteiger partial charge is 0.144 e. The Morgan fingerprint density at radius 1 is 1.28 bits per heavy atom. The van der Waals surface area contributed by atoms with Crippen molar-refractivity contribution in [3.05, 3.63) is 35.9 Å². The zero-order valence-corrected chi connectivity index (χ0v) is 11.5. The number of carbonyl (C=O) groups excluding carboxylic acids is 1. The molecule has 1 aliphatic carbocycles. The molecule has 98 valence electrons. The minimum atomic E-state index is -0.219. The van der Waals surface area contributed by atoms with Crippen LogP contribution < -0.4 is 0 Å². The van der Waals surface area contributed by atoms with E-state index >= 15 is 0 Å². The van der Waals surface area contributed by atoms with Crippen molar-refractivity contribution in [2.45, 2.75) is 52.2 Å². The molecule has 1 aliphatic rings. The molecule has 2 unspecified atom stereocenters. The number of ketones is 1. The SMILES string of the molecule is CCC1(CC)C(=O)CC1OC(C)c1ccccc1. The summed E-state index contributed by atoms with van der Waals surface area (Å²) in [5.41, 5.74) is 0.959. The lowest BCUT2D eigenvalue weighted by Gasteiger charge is -2.47. The van der Waals surface area contributed by atoms with Crippen LogP contribution in [0.4, 0.5) is 0 Å². The van der Waals surface area contributed by atoms with Gasteiger partial charge in [0, 0.05) is 6.42 Å². The van der Waals surface area contributed by atoms with Crippen LogP contribution in [0.15, 0.2) is 30.3 Å². The monoisotopic (exact) mass is 246 g/mol. The molecule has 0 aliphatic heterocycles. The molecule has 0 saturated heterocycles. The van der Waals surface area contributed by atoms with E-state index in [-0.39, 0.29) is 17.6 Å². The normalized spacial score (nSPS) is 23.5. The van der Waals surface area contributed by atoms with E-state index in [1.807, 2.05) is 18.2 Å². The number of rotatable bonds is 5. The maximum absolute atomic E-state index is 11.9. The number of hydrogen-bond donors (Lipinski definition) is 0. The summed E-state index contributed by atoms with van der Waals surface area (Å²) in [5.74, 6) is 0.373. The first kappa shape index (κ1) is 13.3. The summed E-state index contributed by atoms with van der Waals surface area (Å²) < 4.78 is 6.12. The van der Waals surface area contributed by atoms with Crippen molar-refractivity contribution < 1.29 is 9.53 Å². The molecule has 0 amide bonds. The van der Waals surface area contributed by atoms with Gasteiger partial charge in [0.1, 0.15) is 5.78 Å². The van der Waals surface area contributed by atoms with Gasteiger partial charge in [-0.2, -0.15) is 0 Å². The molecule has 1 aromatic carbocycles. The Morgan fingerprint density at radius 3 is 2.39 bits per heavy atom. The molecule has 0 radical (unpaired) electrons. The van der Waals surface area contributed by atoms with Crippen molar-refractivity contribution in [1.82, 2.24) is 0 Å². The van der Waals surface area contributed by atoms with Crippen LogP contribution in [0.2, 0.25) is 0 Å². The maximum Gasteiger partial charge on any atom is 0.144 e. The van der Waals surface area contributed by atoms with E-state index in [0.29, 0.717) is 12.2 Å². The topological polar surface area (TPSA) is 26.3 Å². The van der Waals surface area contributed by atoms with Crippen LogP contribution in [0, 0.1) is 5.41 Å². The van der Waals surface area contributed by atoms with Crippen LogP contribution in [0.1, 0.15) is 51.7 Å². The third-order valence-electron chi connectivity index (χ3n) is 4.44. The van der Waals surface area contributed by atoms with Gasteiger partial charge in [-0.05, 0) is 25.3 Å². The summed E-state index contributed by atoms with van der Waals surface area (Å²) in [6.45, 7) is 6.24. The number of hydrogen-bond acceptors (Lipinski definition) is 2. The molecule has 0 N–H and O–H groups in total. The second-order valence-electron chi connectivity index (χ2n) is 5.17. The first-order valence-electron chi connectivity index (χ1n) is 6.87. The lowest BCUT2D eigenvalue weighted by molar-refractivity contribution is -0.172. The van der Waals surface area contributed by atoms with Crippen LogP contribution in [0.5, 0.6) is 0 Å². The van der Waals surface area contributed by atoms with Crippen LogP contribution in [0.3, 0.4) is 0 Å². The standard InChI is InChI=1S/C16H22O2/c1-4-16(5-2)14(17)11-15(16)18-12(3)13-9-7-6-8-10-13/h6-10,12,15H,4-5,11H2,1-3H3. The Morgan fingerprint density at radius 2 is 1.89 bits per heavy atom. The average Bonchev–Trinajstić information content (AvgIpc) is 2.40. The Kier molecular flexibility index (Phi) is 3.86. The van der Waals surface area contributed by atoms with E-state index in [0.717, 1.165) is 12.8 Å². The van der Waals surface area contributed by atoms with Crippen LogP contribution in [-0.4, -0.2) is 11.9 Å². The zero-order valence-electron chi connectivity index (χ0n) is 11.5. The van der Waals surface area contributed by atoms with Crippen molar-refractivity contribution in [1.29, 1.82) is 0 Å². The fourth-order valence-corrected chi connectivity index (χ4v) is 2.94. The van der Waals surface area contributed by atoms with Crippen LogP contribution >= 0.6 is 0 Å². The predicted octanol–water partition coefficient (Wildman–Crippen LogP) is 3.91.